The first-order chi connectivity index (χ1) is 15.5. The first-order valence-corrected chi connectivity index (χ1v) is 11.9. The molecule has 0 saturated heterocycles. The van der Waals surface area contributed by atoms with Gasteiger partial charge in [-0.05, 0) is 62.4 Å². The van der Waals surface area contributed by atoms with Crippen molar-refractivity contribution in [2.24, 2.45) is 5.92 Å². The molecule has 0 radical (unpaired) electrons. The van der Waals surface area contributed by atoms with Gasteiger partial charge in [-0.15, -0.1) is 0 Å². The van der Waals surface area contributed by atoms with E-state index >= 15 is 0 Å². The minimum Gasteiger partial charge on any atom is -0.332 e. The number of fused-ring (bicyclic) bond motifs is 1. The maximum Gasteiger partial charge on any atom is 0.266 e. The molecule has 1 amide bonds. The van der Waals surface area contributed by atoms with E-state index in [1.165, 1.54) is 0 Å². The fraction of sp³-hybridized carbons (Fsp3) is 0.444. The Balaban J connectivity index is 1.92. The van der Waals surface area contributed by atoms with Crippen LogP contribution in [0.5, 0.6) is 0 Å². The van der Waals surface area contributed by atoms with E-state index in [1.807, 2.05) is 60.4 Å². The Morgan fingerprint density at radius 1 is 1.12 bits per heavy atom. The second-order valence-corrected chi connectivity index (χ2v) is 8.90. The first kappa shape index (κ1) is 22.3. The van der Waals surface area contributed by atoms with E-state index in [9.17, 15) is 9.59 Å². The molecule has 32 heavy (non-hydrogen) atoms. The number of benzene rings is 2. The predicted molar refractivity (Wildman–Crippen MR) is 129 cm³/mol. The lowest BCUT2D eigenvalue weighted by atomic mass is 10.0. The van der Waals surface area contributed by atoms with E-state index in [0.717, 1.165) is 43.4 Å². The summed E-state index contributed by atoms with van der Waals surface area (Å²) in [5, 5.41) is 0.594. The van der Waals surface area contributed by atoms with Gasteiger partial charge in [0.25, 0.3) is 5.56 Å². The van der Waals surface area contributed by atoms with Crippen molar-refractivity contribution in [3.63, 3.8) is 0 Å². The minimum atomic E-state index is -0.249. The van der Waals surface area contributed by atoms with Crippen LogP contribution in [0.15, 0.2) is 53.3 Å². The number of nitrogens with zero attached hydrogens (tertiary/aromatic N) is 3. The van der Waals surface area contributed by atoms with Gasteiger partial charge in [0.1, 0.15) is 5.82 Å². The Morgan fingerprint density at radius 3 is 2.56 bits per heavy atom. The van der Waals surface area contributed by atoms with Gasteiger partial charge in [0.05, 0.1) is 22.6 Å². The second-order valence-electron chi connectivity index (χ2n) is 8.90. The highest BCUT2D eigenvalue weighted by Gasteiger charge is 2.33. The highest BCUT2D eigenvalue weighted by Crippen LogP contribution is 2.32. The SMILES string of the molecule is CCCN(C(=O)C1CCCC1)[C@H](CC)c1nc2ccccc2c(=O)n1-c1cccc(C)c1. The number of aromatic nitrogens is 2. The van der Waals surface area contributed by atoms with E-state index in [1.54, 1.807) is 4.57 Å². The highest BCUT2D eigenvalue weighted by molar-refractivity contribution is 5.80. The number of rotatable bonds is 7. The van der Waals surface area contributed by atoms with Gasteiger partial charge in [-0.3, -0.25) is 14.2 Å². The molecule has 1 aromatic heterocycles. The minimum absolute atomic E-state index is 0.0839. The van der Waals surface area contributed by atoms with Gasteiger partial charge >= 0.3 is 0 Å². The molecule has 1 atom stereocenters. The van der Waals surface area contributed by atoms with E-state index in [2.05, 4.69) is 13.8 Å². The Kier molecular flexibility index (Phi) is 6.73. The molecule has 0 unspecified atom stereocenters. The molecule has 1 saturated carbocycles. The molecule has 2 aromatic carbocycles. The molecule has 1 heterocycles. The van der Waals surface area contributed by atoms with E-state index in [-0.39, 0.29) is 23.4 Å². The summed E-state index contributed by atoms with van der Waals surface area (Å²) in [6.07, 6.45) is 5.74. The molecule has 0 spiro atoms. The molecule has 5 nitrogen and oxygen atoms in total. The quantitative estimate of drug-likeness (QED) is 0.491. The largest absolute Gasteiger partial charge is 0.332 e. The molecular formula is C27H33N3O2. The predicted octanol–water partition coefficient (Wildman–Crippen LogP) is 5.57. The van der Waals surface area contributed by atoms with Gasteiger partial charge in [-0.25, -0.2) is 4.98 Å². The maximum atomic E-state index is 13.7. The maximum absolute atomic E-state index is 13.7. The summed E-state index contributed by atoms with van der Waals surface area (Å²) in [5.41, 5.74) is 2.47. The van der Waals surface area contributed by atoms with Crippen molar-refractivity contribution in [1.29, 1.82) is 0 Å². The molecule has 5 heteroatoms. The average Bonchev–Trinajstić information content (AvgIpc) is 3.34. The fourth-order valence-corrected chi connectivity index (χ4v) is 5.00. The second kappa shape index (κ2) is 9.68. The van der Waals surface area contributed by atoms with E-state index in [4.69, 9.17) is 4.98 Å². The zero-order valence-electron chi connectivity index (χ0n) is 19.4. The molecule has 0 aliphatic heterocycles. The summed E-state index contributed by atoms with van der Waals surface area (Å²) in [6.45, 7) is 6.87. The monoisotopic (exact) mass is 431 g/mol. The molecule has 3 aromatic rings. The summed E-state index contributed by atoms with van der Waals surface area (Å²) in [7, 11) is 0. The normalized spacial score (nSPS) is 15.2. The van der Waals surface area contributed by atoms with Crippen LogP contribution in [0.3, 0.4) is 0 Å². The van der Waals surface area contributed by atoms with Crippen molar-refractivity contribution in [1.82, 2.24) is 14.5 Å². The first-order valence-electron chi connectivity index (χ1n) is 11.9. The number of para-hydroxylation sites is 1. The van der Waals surface area contributed by atoms with Crippen LogP contribution < -0.4 is 5.56 Å². The van der Waals surface area contributed by atoms with Crippen LogP contribution in [0.4, 0.5) is 0 Å². The van der Waals surface area contributed by atoms with Gasteiger partial charge < -0.3 is 4.90 Å². The van der Waals surface area contributed by atoms with Crippen LogP contribution in [-0.4, -0.2) is 26.9 Å². The van der Waals surface area contributed by atoms with Crippen LogP contribution in [-0.2, 0) is 4.79 Å². The number of hydrogen-bond acceptors (Lipinski definition) is 3. The van der Waals surface area contributed by atoms with Gasteiger partial charge in [0, 0.05) is 12.5 Å². The summed E-state index contributed by atoms with van der Waals surface area (Å²) in [4.78, 5) is 34.3. The average molecular weight is 432 g/mol. The molecule has 0 N–H and O–H groups in total. The fourth-order valence-electron chi connectivity index (χ4n) is 5.00. The van der Waals surface area contributed by atoms with Crippen molar-refractivity contribution in [2.75, 3.05) is 6.54 Å². The number of carbonyl (C=O) groups is 1. The third kappa shape index (κ3) is 4.21. The van der Waals surface area contributed by atoms with Crippen LogP contribution in [0, 0.1) is 12.8 Å². The van der Waals surface area contributed by atoms with E-state index in [0.29, 0.717) is 29.7 Å². The van der Waals surface area contributed by atoms with Crippen LogP contribution >= 0.6 is 0 Å². The summed E-state index contributed by atoms with van der Waals surface area (Å²) >= 11 is 0. The lowest BCUT2D eigenvalue weighted by molar-refractivity contribution is -0.138. The Bertz CT molecular complexity index is 1160. The zero-order chi connectivity index (χ0) is 22.7. The molecule has 1 fully saturated rings. The van der Waals surface area contributed by atoms with E-state index < -0.39 is 0 Å². The van der Waals surface area contributed by atoms with Crippen molar-refractivity contribution in [3.05, 3.63) is 70.3 Å². The van der Waals surface area contributed by atoms with Crippen molar-refractivity contribution >= 4 is 16.8 Å². The summed E-state index contributed by atoms with van der Waals surface area (Å²) in [5.74, 6) is 0.964. The van der Waals surface area contributed by atoms with Crippen LogP contribution in [0.25, 0.3) is 16.6 Å². The van der Waals surface area contributed by atoms with Crippen molar-refractivity contribution in [2.45, 2.75) is 65.3 Å². The molecule has 4 rings (SSSR count). The van der Waals surface area contributed by atoms with Crippen molar-refractivity contribution < 1.29 is 4.79 Å². The molecule has 0 bridgehead atoms. The van der Waals surface area contributed by atoms with Gasteiger partial charge in [0.15, 0.2) is 0 Å². The number of amides is 1. The number of aryl methyl sites for hydroxylation is 1. The number of hydrogen-bond donors (Lipinski definition) is 0. The highest BCUT2D eigenvalue weighted by atomic mass is 16.2. The third-order valence-corrected chi connectivity index (χ3v) is 6.57. The van der Waals surface area contributed by atoms with Crippen LogP contribution in [0.1, 0.15) is 69.8 Å². The molecule has 1 aliphatic rings. The Morgan fingerprint density at radius 2 is 1.88 bits per heavy atom. The van der Waals surface area contributed by atoms with Gasteiger partial charge in [-0.1, -0.05) is 51.0 Å². The summed E-state index contributed by atoms with van der Waals surface area (Å²) in [6, 6.07) is 15.2. The van der Waals surface area contributed by atoms with Crippen molar-refractivity contribution in [3.8, 4) is 5.69 Å². The topological polar surface area (TPSA) is 55.2 Å². The molecule has 1 aliphatic carbocycles. The van der Waals surface area contributed by atoms with Gasteiger partial charge in [0.2, 0.25) is 5.91 Å². The third-order valence-electron chi connectivity index (χ3n) is 6.57. The lowest BCUT2D eigenvalue weighted by Crippen LogP contribution is -2.41. The summed E-state index contributed by atoms with van der Waals surface area (Å²) < 4.78 is 1.73. The lowest BCUT2D eigenvalue weighted by Gasteiger charge is -2.34. The standard InChI is InChI=1S/C27H33N3O2/c1-4-17-29(26(31)20-12-6-7-13-20)24(5-2)25-28-23-16-9-8-15-22(23)27(32)30(25)21-14-10-11-19(3)18-21/h8-11,14-16,18,20,24H,4-7,12-13,17H2,1-3H3/t24-/m1/s1. The van der Waals surface area contributed by atoms with Crippen LogP contribution in [0.2, 0.25) is 0 Å². The smallest absolute Gasteiger partial charge is 0.266 e. The Hall–Kier alpha value is -2.95. The zero-order valence-corrected chi connectivity index (χ0v) is 19.4. The number of carbonyl (C=O) groups excluding carboxylic acids is 1. The molecule has 168 valence electrons. The Labute approximate surface area is 190 Å². The van der Waals surface area contributed by atoms with Gasteiger partial charge in [-0.2, -0.15) is 0 Å². The molecular weight excluding hydrogens is 398 g/mol.